The third-order valence-electron chi connectivity index (χ3n) is 4.81. The predicted octanol–water partition coefficient (Wildman–Crippen LogP) is 6.55. The Labute approximate surface area is 170 Å². The molecular formula is C22H19F3N2OS. The highest BCUT2D eigenvalue weighted by Gasteiger charge is 2.30. The first kappa shape index (κ1) is 19.5. The number of hydrogen-bond donors (Lipinski definition) is 1. The molecule has 2 aromatic heterocycles. The summed E-state index contributed by atoms with van der Waals surface area (Å²) < 4.78 is 44.1. The van der Waals surface area contributed by atoms with Gasteiger partial charge < -0.3 is 9.72 Å². The molecule has 0 amide bonds. The zero-order valence-electron chi connectivity index (χ0n) is 15.9. The Balaban J connectivity index is 1.42. The van der Waals surface area contributed by atoms with Crippen molar-refractivity contribution in [2.75, 3.05) is 6.61 Å². The van der Waals surface area contributed by atoms with Crippen molar-refractivity contribution in [3.63, 3.8) is 0 Å². The van der Waals surface area contributed by atoms with Crippen LogP contribution in [0.25, 0.3) is 21.5 Å². The highest BCUT2D eigenvalue weighted by molar-refractivity contribution is 7.15. The molecule has 150 valence electrons. The Bertz CT molecular complexity index is 1140. The van der Waals surface area contributed by atoms with Gasteiger partial charge in [-0.25, -0.2) is 4.98 Å². The minimum atomic E-state index is -4.33. The number of nitrogens with zero attached hydrogens (tertiary/aromatic N) is 1. The molecule has 0 saturated carbocycles. The van der Waals surface area contributed by atoms with Gasteiger partial charge in [-0.05, 0) is 43.7 Å². The van der Waals surface area contributed by atoms with Gasteiger partial charge in [-0.15, -0.1) is 11.3 Å². The number of benzene rings is 2. The highest BCUT2D eigenvalue weighted by atomic mass is 32.1. The molecule has 0 atom stereocenters. The van der Waals surface area contributed by atoms with Gasteiger partial charge in [0, 0.05) is 40.0 Å². The highest BCUT2D eigenvalue weighted by Crippen LogP contribution is 2.33. The quantitative estimate of drug-likeness (QED) is 0.401. The van der Waals surface area contributed by atoms with E-state index < -0.39 is 11.7 Å². The lowest BCUT2D eigenvalue weighted by Gasteiger charge is -2.06. The second kappa shape index (κ2) is 7.55. The number of thiazole rings is 1. The standard InChI is InChI=1S/C22H19F3N2OS/c1-13-12-26-19-11-17(7-8-18(13)19)28-10-9-20-14(2)27-21(29-20)15-3-5-16(6-4-15)22(23,24)25/h3-8,11-12,26H,9-10H2,1-2H3. The topological polar surface area (TPSA) is 37.9 Å². The molecule has 0 aliphatic rings. The lowest BCUT2D eigenvalue weighted by atomic mass is 10.1. The van der Waals surface area contributed by atoms with Crippen LogP contribution in [0.5, 0.6) is 5.75 Å². The van der Waals surface area contributed by atoms with Gasteiger partial charge in [0.05, 0.1) is 17.9 Å². The number of nitrogens with one attached hydrogen (secondary N) is 1. The lowest BCUT2D eigenvalue weighted by Crippen LogP contribution is -2.03. The first-order valence-electron chi connectivity index (χ1n) is 9.16. The average Bonchev–Trinajstić information content (AvgIpc) is 3.24. The number of rotatable bonds is 5. The minimum absolute atomic E-state index is 0.501. The number of aromatic nitrogens is 2. The monoisotopic (exact) mass is 416 g/mol. The first-order valence-corrected chi connectivity index (χ1v) is 9.97. The lowest BCUT2D eigenvalue weighted by molar-refractivity contribution is -0.137. The molecule has 0 spiro atoms. The molecule has 3 nitrogen and oxygen atoms in total. The van der Waals surface area contributed by atoms with Crippen molar-refractivity contribution in [1.82, 2.24) is 9.97 Å². The summed E-state index contributed by atoms with van der Waals surface area (Å²) in [5, 5.41) is 1.89. The van der Waals surface area contributed by atoms with Crippen molar-refractivity contribution < 1.29 is 17.9 Å². The normalized spacial score (nSPS) is 11.9. The van der Waals surface area contributed by atoms with Crippen LogP contribution in [0.2, 0.25) is 0 Å². The summed E-state index contributed by atoms with van der Waals surface area (Å²) in [7, 11) is 0. The van der Waals surface area contributed by atoms with Crippen LogP contribution in [0, 0.1) is 13.8 Å². The van der Waals surface area contributed by atoms with Crippen LogP contribution in [0.3, 0.4) is 0 Å². The van der Waals surface area contributed by atoms with Crippen LogP contribution < -0.4 is 4.74 Å². The molecule has 0 fully saturated rings. The molecule has 0 aliphatic heterocycles. The van der Waals surface area contributed by atoms with Crippen molar-refractivity contribution in [2.24, 2.45) is 0 Å². The van der Waals surface area contributed by atoms with E-state index in [4.69, 9.17) is 4.74 Å². The predicted molar refractivity (Wildman–Crippen MR) is 110 cm³/mol. The van der Waals surface area contributed by atoms with E-state index >= 15 is 0 Å². The number of fused-ring (bicyclic) bond motifs is 1. The Hall–Kier alpha value is -2.80. The SMILES string of the molecule is Cc1nc(-c2ccc(C(F)(F)F)cc2)sc1CCOc1ccc2c(C)c[nH]c2c1. The van der Waals surface area contributed by atoms with Gasteiger partial charge in [-0.3, -0.25) is 0 Å². The summed E-state index contributed by atoms with van der Waals surface area (Å²) in [5.74, 6) is 0.796. The number of halogens is 3. The zero-order valence-corrected chi connectivity index (χ0v) is 16.7. The summed E-state index contributed by atoms with van der Waals surface area (Å²) >= 11 is 1.49. The fourth-order valence-electron chi connectivity index (χ4n) is 3.19. The van der Waals surface area contributed by atoms with E-state index in [2.05, 4.69) is 16.9 Å². The van der Waals surface area contributed by atoms with Gasteiger partial charge in [-0.1, -0.05) is 12.1 Å². The number of alkyl halides is 3. The van der Waals surface area contributed by atoms with Crippen molar-refractivity contribution in [2.45, 2.75) is 26.4 Å². The van der Waals surface area contributed by atoms with Crippen molar-refractivity contribution in [3.8, 4) is 16.3 Å². The Morgan fingerprint density at radius 2 is 1.83 bits per heavy atom. The van der Waals surface area contributed by atoms with E-state index in [1.54, 1.807) is 0 Å². The van der Waals surface area contributed by atoms with Crippen molar-refractivity contribution in [1.29, 1.82) is 0 Å². The van der Waals surface area contributed by atoms with Gasteiger partial charge >= 0.3 is 6.18 Å². The smallest absolute Gasteiger partial charge is 0.416 e. The number of aromatic amines is 1. The molecular weight excluding hydrogens is 397 g/mol. The second-order valence-electron chi connectivity index (χ2n) is 6.88. The number of ether oxygens (including phenoxy) is 1. The second-order valence-corrected chi connectivity index (χ2v) is 7.96. The average molecular weight is 416 g/mol. The molecule has 0 aliphatic carbocycles. The van der Waals surface area contributed by atoms with Crippen LogP contribution in [0.1, 0.15) is 21.7 Å². The van der Waals surface area contributed by atoms with Crippen LogP contribution in [0.15, 0.2) is 48.7 Å². The number of H-pyrrole nitrogens is 1. The van der Waals surface area contributed by atoms with Gasteiger partial charge in [0.2, 0.25) is 0 Å². The Kier molecular flexibility index (Phi) is 5.08. The molecule has 4 rings (SSSR count). The molecule has 0 unspecified atom stereocenters. The number of aryl methyl sites for hydroxylation is 2. The minimum Gasteiger partial charge on any atom is -0.493 e. The van der Waals surface area contributed by atoms with Crippen LogP contribution in [-0.4, -0.2) is 16.6 Å². The van der Waals surface area contributed by atoms with E-state index in [0.29, 0.717) is 18.6 Å². The van der Waals surface area contributed by atoms with Crippen LogP contribution in [0.4, 0.5) is 13.2 Å². The third-order valence-corrected chi connectivity index (χ3v) is 6.08. The van der Waals surface area contributed by atoms with Crippen molar-refractivity contribution >= 4 is 22.2 Å². The van der Waals surface area contributed by atoms with Crippen LogP contribution >= 0.6 is 11.3 Å². The molecule has 0 radical (unpaired) electrons. The molecule has 2 aromatic carbocycles. The van der Waals surface area contributed by atoms with E-state index in [9.17, 15) is 13.2 Å². The Morgan fingerprint density at radius 1 is 1.07 bits per heavy atom. The molecule has 0 saturated heterocycles. The fraction of sp³-hybridized carbons (Fsp3) is 0.227. The maximum absolute atomic E-state index is 12.7. The zero-order chi connectivity index (χ0) is 20.6. The Morgan fingerprint density at radius 3 is 2.55 bits per heavy atom. The summed E-state index contributed by atoms with van der Waals surface area (Å²) in [6.45, 7) is 4.47. The van der Waals surface area contributed by atoms with E-state index in [1.807, 2.05) is 31.3 Å². The molecule has 29 heavy (non-hydrogen) atoms. The summed E-state index contributed by atoms with van der Waals surface area (Å²) in [6, 6.07) is 11.1. The fourth-order valence-corrected chi connectivity index (χ4v) is 4.24. The van der Waals surface area contributed by atoms with Crippen molar-refractivity contribution in [3.05, 3.63) is 70.4 Å². The van der Waals surface area contributed by atoms with Gasteiger partial charge in [0.15, 0.2) is 0 Å². The maximum Gasteiger partial charge on any atom is 0.416 e. The molecule has 0 bridgehead atoms. The summed E-state index contributed by atoms with van der Waals surface area (Å²) in [6.07, 6.45) is -1.68. The van der Waals surface area contributed by atoms with Gasteiger partial charge in [0.25, 0.3) is 0 Å². The van der Waals surface area contributed by atoms with E-state index in [1.165, 1.54) is 34.4 Å². The third kappa shape index (κ3) is 4.15. The molecule has 2 heterocycles. The molecule has 4 aromatic rings. The van der Waals surface area contributed by atoms with Gasteiger partial charge in [-0.2, -0.15) is 13.2 Å². The van der Waals surface area contributed by atoms with E-state index in [0.717, 1.165) is 39.0 Å². The number of hydrogen-bond acceptors (Lipinski definition) is 3. The summed E-state index contributed by atoms with van der Waals surface area (Å²) in [5.41, 5.74) is 3.15. The van der Waals surface area contributed by atoms with Crippen LogP contribution in [-0.2, 0) is 12.6 Å². The molecule has 1 N–H and O–H groups in total. The molecule has 7 heteroatoms. The maximum atomic E-state index is 12.7. The van der Waals surface area contributed by atoms with Gasteiger partial charge in [0.1, 0.15) is 10.8 Å². The summed E-state index contributed by atoms with van der Waals surface area (Å²) in [4.78, 5) is 8.81. The van der Waals surface area contributed by atoms with E-state index in [-0.39, 0.29) is 0 Å². The largest absolute Gasteiger partial charge is 0.493 e. The first-order chi connectivity index (χ1) is 13.8.